The molecule has 2 N–H and O–H groups in total. The van der Waals surface area contributed by atoms with Crippen molar-refractivity contribution in [1.82, 2.24) is 9.55 Å². The third-order valence-electron chi connectivity index (χ3n) is 6.25. The molecule has 0 saturated carbocycles. The van der Waals surface area contributed by atoms with E-state index in [4.69, 9.17) is 4.42 Å². The van der Waals surface area contributed by atoms with Gasteiger partial charge in [-0.1, -0.05) is 24.3 Å². The molecule has 6 nitrogen and oxygen atoms in total. The summed E-state index contributed by atoms with van der Waals surface area (Å²) < 4.78 is 37.0. The summed E-state index contributed by atoms with van der Waals surface area (Å²) in [6.07, 6.45) is 2.73. The summed E-state index contributed by atoms with van der Waals surface area (Å²) in [4.78, 5) is 27.9. The molecular formula is C27H16F2N2O4. The summed E-state index contributed by atoms with van der Waals surface area (Å²) in [6.45, 7) is -0.203. The topological polar surface area (TPSA) is 88.2 Å². The SMILES string of the molecule is O=C(O)c1c(-c2ccc[nH]c2=O)c2c3occc3c(F)cc2n1Cc1cc2ccccc2cc1F. The van der Waals surface area contributed by atoms with Gasteiger partial charge in [0.1, 0.15) is 22.9 Å². The van der Waals surface area contributed by atoms with Crippen molar-refractivity contribution in [3.63, 3.8) is 0 Å². The van der Waals surface area contributed by atoms with Crippen LogP contribution in [0.15, 0.2) is 82.3 Å². The Morgan fingerprint density at radius 2 is 1.77 bits per heavy atom. The Morgan fingerprint density at radius 3 is 2.51 bits per heavy atom. The van der Waals surface area contributed by atoms with Gasteiger partial charge in [-0.3, -0.25) is 4.79 Å². The first kappa shape index (κ1) is 20.9. The minimum Gasteiger partial charge on any atom is -0.477 e. The smallest absolute Gasteiger partial charge is 0.353 e. The maximum atomic E-state index is 15.1. The normalized spacial score (nSPS) is 11.6. The van der Waals surface area contributed by atoms with Crippen molar-refractivity contribution in [1.29, 1.82) is 0 Å². The van der Waals surface area contributed by atoms with E-state index >= 15 is 8.78 Å². The molecule has 0 saturated heterocycles. The van der Waals surface area contributed by atoms with E-state index in [0.717, 1.165) is 5.39 Å². The van der Waals surface area contributed by atoms with Crippen LogP contribution in [-0.4, -0.2) is 20.6 Å². The number of H-pyrrole nitrogens is 1. The third kappa shape index (κ3) is 3.14. The zero-order valence-electron chi connectivity index (χ0n) is 18.0. The van der Waals surface area contributed by atoms with Crippen molar-refractivity contribution in [2.45, 2.75) is 6.54 Å². The van der Waals surface area contributed by atoms with Gasteiger partial charge in [-0.25, -0.2) is 13.6 Å². The molecule has 6 rings (SSSR count). The third-order valence-corrected chi connectivity index (χ3v) is 6.25. The first-order valence-corrected chi connectivity index (χ1v) is 10.7. The lowest BCUT2D eigenvalue weighted by Gasteiger charge is -2.11. The molecule has 0 bridgehead atoms. The van der Waals surface area contributed by atoms with Crippen LogP contribution in [0, 0.1) is 11.6 Å². The number of pyridine rings is 1. The number of aromatic carboxylic acids is 1. The van der Waals surface area contributed by atoms with Gasteiger partial charge in [-0.2, -0.15) is 0 Å². The molecule has 3 heterocycles. The number of aromatic nitrogens is 2. The fraction of sp³-hybridized carbons (Fsp3) is 0.0370. The summed E-state index contributed by atoms with van der Waals surface area (Å²) in [7, 11) is 0. The van der Waals surface area contributed by atoms with Crippen LogP contribution in [0.5, 0.6) is 0 Å². The average Bonchev–Trinajstić information content (AvgIpc) is 3.44. The highest BCUT2D eigenvalue weighted by molar-refractivity contribution is 6.17. The zero-order chi connectivity index (χ0) is 24.3. The zero-order valence-corrected chi connectivity index (χ0v) is 18.0. The Balaban J connectivity index is 1.73. The first-order chi connectivity index (χ1) is 16.9. The van der Waals surface area contributed by atoms with Crippen molar-refractivity contribution in [2.75, 3.05) is 0 Å². The van der Waals surface area contributed by atoms with Crippen LogP contribution in [0.25, 0.3) is 43.8 Å². The van der Waals surface area contributed by atoms with E-state index in [1.54, 1.807) is 24.3 Å². The van der Waals surface area contributed by atoms with Crippen LogP contribution < -0.4 is 5.56 Å². The number of hydrogen-bond donors (Lipinski definition) is 2. The lowest BCUT2D eigenvalue weighted by molar-refractivity contribution is 0.0687. The van der Waals surface area contributed by atoms with Crippen LogP contribution in [0.4, 0.5) is 8.78 Å². The van der Waals surface area contributed by atoms with Gasteiger partial charge in [0.05, 0.1) is 34.7 Å². The molecule has 3 aromatic carbocycles. The molecule has 35 heavy (non-hydrogen) atoms. The molecule has 3 aromatic heterocycles. The minimum atomic E-state index is -1.35. The van der Waals surface area contributed by atoms with E-state index in [-0.39, 0.29) is 50.8 Å². The number of fused-ring (bicyclic) bond motifs is 4. The van der Waals surface area contributed by atoms with Crippen molar-refractivity contribution in [3.8, 4) is 11.1 Å². The quantitative estimate of drug-likeness (QED) is 0.335. The van der Waals surface area contributed by atoms with Gasteiger partial charge in [0.15, 0.2) is 0 Å². The monoisotopic (exact) mass is 470 g/mol. The molecule has 8 heteroatoms. The number of nitrogens with zero attached hydrogens (tertiary/aromatic N) is 1. The van der Waals surface area contributed by atoms with Gasteiger partial charge in [-0.15, -0.1) is 0 Å². The molecule has 6 aromatic rings. The Bertz CT molecular complexity index is 1860. The van der Waals surface area contributed by atoms with E-state index in [1.165, 1.54) is 41.3 Å². The molecule has 0 aliphatic rings. The van der Waals surface area contributed by atoms with E-state index < -0.39 is 23.2 Å². The average molecular weight is 470 g/mol. The largest absolute Gasteiger partial charge is 0.477 e. The van der Waals surface area contributed by atoms with Gasteiger partial charge in [0.2, 0.25) is 0 Å². The van der Waals surface area contributed by atoms with Crippen LogP contribution >= 0.6 is 0 Å². The summed E-state index contributed by atoms with van der Waals surface area (Å²) in [5.74, 6) is -2.49. The van der Waals surface area contributed by atoms with Gasteiger partial charge in [-0.05, 0) is 47.2 Å². The van der Waals surface area contributed by atoms with E-state index in [1.807, 2.05) is 12.1 Å². The lowest BCUT2D eigenvalue weighted by atomic mass is 10.0. The number of carbonyl (C=O) groups is 1. The highest BCUT2D eigenvalue weighted by atomic mass is 19.1. The molecule has 0 spiro atoms. The number of rotatable bonds is 4. The Hall–Kier alpha value is -4.72. The van der Waals surface area contributed by atoms with E-state index in [0.29, 0.717) is 5.39 Å². The number of nitrogens with one attached hydrogen (secondary N) is 1. The molecule has 0 amide bonds. The van der Waals surface area contributed by atoms with E-state index in [2.05, 4.69) is 4.98 Å². The van der Waals surface area contributed by atoms with Crippen molar-refractivity contribution < 1.29 is 23.1 Å². The van der Waals surface area contributed by atoms with Crippen molar-refractivity contribution >= 4 is 38.6 Å². The van der Waals surface area contributed by atoms with Crippen LogP contribution in [0.1, 0.15) is 16.1 Å². The molecule has 0 atom stereocenters. The summed E-state index contributed by atoms with van der Waals surface area (Å²) in [6, 6.07) is 15.9. The standard InChI is InChI=1S/C27H16F2N2O4/c28-19-11-15-5-2-1-4-14(15)10-16(19)13-31-21-12-20(29)17-7-9-35-25(17)23(21)22(24(31)27(33)34)18-6-3-8-30-26(18)32/h1-12H,13H2,(H,30,32)(H,33,34). The fourth-order valence-corrected chi connectivity index (χ4v) is 4.72. The van der Waals surface area contributed by atoms with Gasteiger partial charge in [0.25, 0.3) is 5.56 Å². The second-order valence-corrected chi connectivity index (χ2v) is 8.23. The van der Waals surface area contributed by atoms with Crippen molar-refractivity contribution in [3.05, 3.63) is 106 Å². The number of carboxylic acids is 1. The Labute approximate surface area is 195 Å². The summed E-state index contributed by atoms with van der Waals surface area (Å²) in [5.41, 5.74) is -0.127. The van der Waals surface area contributed by atoms with Crippen LogP contribution in [-0.2, 0) is 6.54 Å². The predicted molar refractivity (Wildman–Crippen MR) is 128 cm³/mol. The molecule has 172 valence electrons. The second kappa shape index (κ2) is 7.66. The molecule has 0 fully saturated rings. The molecule has 0 aliphatic heterocycles. The number of benzene rings is 3. The highest BCUT2D eigenvalue weighted by Crippen LogP contribution is 2.40. The fourth-order valence-electron chi connectivity index (χ4n) is 4.72. The van der Waals surface area contributed by atoms with Crippen LogP contribution in [0.3, 0.4) is 0 Å². The molecule has 0 radical (unpaired) electrons. The van der Waals surface area contributed by atoms with Gasteiger partial charge >= 0.3 is 5.97 Å². The van der Waals surface area contributed by atoms with Gasteiger partial charge < -0.3 is 19.1 Å². The Kier molecular flexibility index (Phi) is 4.57. The number of halogens is 2. The molecule has 0 aliphatic carbocycles. The number of aromatic amines is 1. The number of carboxylic acid groups (broad SMARTS) is 1. The van der Waals surface area contributed by atoms with Gasteiger partial charge in [0, 0.05) is 17.3 Å². The maximum Gasteiger partial charge on any atom is 0.353 e. The molecular weight excluding hydrogens is 454 g/mol. The van der Waals surface area contributed by atoms with Crippen LogP contribution in [0.2, 0.25) is 0 Å². The summed E-state index contributed by atoms with van der Waals surface area (Å²) in [5, 5.41) is 12.1. The number of hydrogen-bond acceptors (Lipinski definition) is 3. The van der Waals surface area contributed by atoms with E-state index in [9.17, 15) is 14.7 Å². The lowest BCUT2D eigenvalue weighted by Crippen LogP contribution is -2.14. The minimum absolute atomic E-state index is 0.0792. The Morgan fingerprint density at radius 1 is 1.00 bits per heavy atom. The summed E-state index contributed by atoms with van der Waals surface area (Å²) >= 11 is 0. The molecule has 0 unspecified atom stereocenters. The predicted octanol–water partition coefficient (Wildman–Crippen LogP) is 5.92. The highest BCUT2D eigenvalue weighted by Gasteiger charge is 2.29. The maximum absolute atomic E-state index is 15.1. The number of furan rings is 1. The van der Waals surface area contributed by atoms with Crippen molar-refractivity contribution in [2.24, 2.45) is 0 Å². The first-order valence-electron chi connectivity index (χ1n) is 10.7. The second-order valence-electron chi connectivity index (χ2n) is 8.23.